The smallest absolute Gasteiger partial charge is 0.127 e. The molecule has 1 atom stereocenters. The van der Waals surface area contributed by atoms with E-state index in [-0.39, 0.29) is 6.04 Å². The van der Waals surface area contributed by atoms with E-state index in [1.165, 1.54) is 0 Å². The Morgan fingerprint density at radius 2 is 1.86 bits per heavy atom. The van der Waals surface area contributed by atoms with Gasteiger partial charge in [-0.05, 0) is 31.7 Å². The van der Waals surface area contributed by atoms with E-state index in [0.29, 0.717) is 0 Å². The molecule has 0 saturated carbocycles. The number of ether oxygens (including phenoxy) is 2. The van der Waals surface area contributed by atoms with Crippen LogP contribution in [0.5, 0.6) is 11.5 Å². The number of aryl methyl sites for hydroxylation is 2. The molecule has 0 spiro atoms. The largest absolute Gasteiger partial charge is 0.496 e. The Bertz CT molecular complexity index is 585. The van der Waals surface area contributed by atoms with E-state index in [1.54, 1.807) is 14.2 Å². The highest BCUT2D eigenvalue weighted by molar-refractivity contribution is 5.49. The molecule has 21 heavy (non-hydrogen) atoms. The number of nitrogens with one attached hydrogen (secondary N) is 1. The Balaban J connectivity index is 2.60. The molecule has 0 saturated heterocycles. The monoisotopic (exact) mass is 289 g/mol. The Morgan fingerprint density at radius 1 is 1.24 bits per heavy atom. The summed E-state index contributed by atoms with van der Waals surface area (Å²) in [4.78, 5) is 0. The summed E-state index contributed by atoms with van der Waals surface area (Å²) < 4.78 is 13.0. The van der Waals surface area contributed by atoms with E-state index in [2.05, 4.69) is 23.4 Å². The average Bonchev–Trinajstić information content (AvgIpc) is 2.82. The van der Waals surface area contributed by atoms with E-state index in [1.807, 2.05) is 36.9 Å². The lowest BCUT2D eigenvalue weighted by Gasteiger charge is -2.23. The van der Waals surface area contributed by atoms with E-state index < -0.39 is 0 Å². The number of nitrogens with zero attached hydrogens (tertiary/aromatic N) is 2. The lowest BCUT2D eigenvalue weighted by atomic mass is 10.0. The molecule has 1 N–H and O–H groups in total. The fraction of sp³-hybridized carbons (Fsp3) is 0.438. The van der Waals surface area contributed by atoms with Crippen LogP contribution in [0.3, 0.4) is 0 Å². The Morgan fingerprint density at radius 3 is 2.29 bits per heavy atom. The molecule has 1 heterocycles. The Labute approximate surface area is 125 Å². The second-order valence-electron chi connectivity index (χ2n) is 4.90. The molecule has 1 aromatic heterocycles. The summed E-state index contributed by atoms with van der Waals surface area (Å²) in [5.74, 6) is 1.61. The summed E-state index contributed by atoms with van der Waals surface area (Å²) in [5, 5.41) is 7.94. The van der Waals surface area contributed by atoms with E-state index in [4.69, 9.17) is 9.47 Å². The number of hydrogen-bond acceptors (Lipinski definition) is 4. The summed E-state index contributed by atoms with van der Waals surface area (Å²) in [6, 6.07) is 7.88. The normalized spacial score (nSPS) is 12.2. The van der Waals surface area contributed by atoms with Crippen LogP contribution in [0.15, 0.2) is 24.3 Å². The molecule has 0 bridgehead atoms. The zero-order chi connectivity index (χ0) is 15.4. The topological polar surface area (TPSA) is 48.3 Å². The van der Waals surface area contributed by atoms with Crippen molar-refractivity contribution in [3.8, 4) is 11.5 Å². The van der Waals surface area contributed by atoms with Gasteiger partial charge in [-0.25, -0.2) is 0 Å². The number of aromatic nitrogens is 2. The van der Waals surface area contributed by atoms with Gasteiger partial charge in [0.25, 0.3) is 0 Å². The molecule has 1 unspecified atom stereocenters. The number of methoxy groups -OCH3 is 2. The van der Waals surface area contributed by atoms with Gasteiger partial charge in [-0.15, -0.1) is 0 Å². The first-order valence-corrected chi connectivity index (χ1v) is 7.07. The Hall–Kier alpha value is -2.01. The Kier molecular flexibility index (Phi) is 4.85. The SMILES string of the molecule is CCNC(c1c(OC)cccc1OC)c1cc(C)nn1C. The molecule has 0 aliphatic heterocycles. The highest BCUT2D eigenvalue weighted by Crippen LogP contribution is 2.37. The highest BCUT2D eigenvalue weighted by atomic mass is 16.5. The van der Waals surface area contributed by atoms with Gasteiger partial charge in [-0.3, -0.25) is 4.68 Å². The molecule has 0 radical (unpaired) electrons. The lowest BCUT2D eigenvalue weighted by Crippen LogP contribution is -2.25. The first-order chi connectivity index (χ1) is 10.1. The summed E-state index contributed by atoms with van der Waals surface area (Å²) in [7, 11) is 5.31. The second-order valence-corrected chi connectivity index (χ2v) is 4.90. The minimum Gasteiger partial charge on any atom is -0.496 e. The number of rotatable bonds is 6. The molecule has 2 rings (SSSR count). The third-order valence-corrected chi connectivity index (χ3v) is 3.50. The molecule has 5 nitrogen and oxygen atoms in total. The fourth-order valence-electron chi connectivity index (χ4n) is 2.62. The minimum atomic E-state index is -0.0349. The maximum atomic E-state index is 5.53. The highest BCUT2D eigenvalue weighted by Gasteiger charge is 2.24. The quantitative estimate of drug-likeness (QED) is 0.887. The van der Waals surface area contributed by atoms with Crippen molar-refractivity contribution in [3.63, 3.8) is 0 Å². The number of benzene rings is 1. The summed E-state index contributed by atoms with van der Waals surface area (Å²) >= 11 is 0. The van der Waals surface area contributed by atoms with Crippen LogP contribution in [-0.2, 0) is 7.05 Å². The van der Waals surface area contributed by atoms with Gasteiger partial charge in [0, 0.05) is 7.05 Å². The van der Waals surface area contributed by atoms with E-state index in [0.717, 1.165) is 35.0 Å². The van der Waals surface area contributed by atoms with Crippen LogP contribution < -0.4 is 14.8 Å². The number of hydrogen-bond donors (Lipinski definition) is 1. The van der Waals surface area contributed by atoms with Crippen LogP contribution in [0, 0.1) is 6.92 Å². The fourth-order valence-corrected chi connectivity index (χ4v) is 2.62. The van der Waals surface area contributed by atoms with Gasteiger partial charge in [0.2, 0.25) is 0 Å². The van der Waals surface area contributed by atoms with Crippen molar-refractivity contribution in [1.82, 2.24) is 15.1 Å². The molecular formula is C16H23N3O2. The zero-order valence-corrected chi connectivity index (χ0v) is 13.3. The summed E-state index contributed by atoms with van der Waals surface area (Å²) in [6.45, 7) is 4.90. The van der Waals surface area contributed by atoms with Gasteiger partial charge < -0.3 is 14.8 Å². The molecular weight excluding hydrogens is 266 g/mol. The maximum absolute atomic E-state index is 5.53. The molecule has 0 fully saturated rings. The maximum Gasteiger partial charge on any atom is 0.127 e. The average molecular weight is 289 g/mol. The molecule has 2 aromatic rings. The van der Waals surface area contributed by atoms with Gasteiger partial charge in [-0.1, -0.05) is 13.0 Å². The minimum absolute atomic E-state index is 0.0349. The van der Waals surface area contributed by atoms with Crippen molar-refractivity contribution >= 4 is 0 Å². The van der Waals surface area contributed by atoms with Crippen molar-refractivity contribution in [1.29, 1.82) is 0 Å². The van der Waals surface area contributed by atoms with Gasteiger partial charge in [-0.2, -0.15) is 5.10 Å². The standard InChI is InChI=1S/C16H23N3O2/c1-6-17-16(12-10-11(2)18-19(12)3)15-13(20-4)8-7-9-14(15)21-5/h7-10,16-17H,6H2,1-5H3. The van der Waals surface area contributed by atoms with Crippen molar-refractivity contribution in [2.24, 2.45) is 7.05 Å². The van der Waals surface area contributed by atoms with Crippen molar-refractivity contribution in [2.75, 3.05) is 20.8 Å². The van der Waals surface area contributed by atoms with Crippen LogP contribution in [0.2, 0.25) is 0 Å². The van der Waals surface area contributed by atoms with Crippen LogP contribution in [0.4, 0.5) is 0 Å². The third-order valence-electron chi connectivity index (χ3n) is 3.50. The molecule has 5 heteroatoms. The van der Waals surface area contributed by atoms with Crippen molar-refractivity contribution in [2.45, 2.75) is 19.9 Å². The van der Waals surface area contributed by atoms with Crippen LogP contribution in [0.25, 0.3) is 0 Å². The second kappa shape index (κ2) is 6.63. The third kappa shape index (κ3) is 3.03. The predicted octanol–water partition coefficient (Wildman–Crippen LogP) is 2.44. The van der Waals surface area contributed by atoms with Crippen LogP contribution in [0.1, 0.15) is 29.9 Å². The summed E-state index contributed by atoms with van der Waals surface area (Å²) in [6.07, 6.45) is 0. The molecule has 114 valence electrons. The van der Waals surface area contributed by atoms with Gasteiger partial charge in [0.15, 0.2) is 0 Å². The van der Waals surface area contributed by atoms with Crippen molar-refractivity contribution in [3.05, 3.63) is 41.2 Å². The molecule has 0 aliphatic rings. The first-order valence-electron chi connectivity index (χ1n) is 7.07. The van der Waals surface area contributed by atoms with Crippen LogP contribution in [-0.4, -0.2) is 30.5 Å². The zero-order valence-electron chi connectivity index (χ0n) is 13.3. The predicted molar refractivity (Wildman–Crippen MR) is 83.0 cm³/mol. The van der Waals surface area contributed by atoms with Crippen molar-refractivity contribution < 1.29 is 9.47 Å². The molecule has 0 aliphatic carbocycles. The van der Waals surface area contributed by atoms with Gasteiger partial charge in [0.1, 0.15) is 11.5 Å². The molecule has 0 amide bonds. The first kappa shape index (κ1) is 15.4. The van der Waals surface area contributed by atoms with Crippen LogP contribution >= 0.6 is 0 Å². The van der Waals surface area contributed by atoms with Gasteiger partial charge >= 0.3 is 0 Å². The lowest BCUT2D eigenvalue weighted by molar-refractivity contribution is 0.375. The van der Waals surface area contributed by atoms with E-state index >= 15 is 0 Å². The molecule has 1 aromatic carbocycles. The summed E-state index contributed by atoms with van der Waals surface area (Å²) in [5.41, 5.74) is 3.06. The van der Waals surface area contributed by atoms with Gasteiger partial charge in [0.05, 0.1) is 37.2 Å². The van der Waals surface area contributed by atoms with E-state index in [9.17, 15) is 0 Å².